The van der Waals surface area contributed by atoms with E-state index in [9.17, 15) is 0 Å². The quantitative estimate of drug-likeness (QED) is 0.680. The largest absolute Gasteiger partial charge is 0.397 e. The smallest absolute Gasteiger partial charge is 0.0402 e. The Balaban J connectivity index is -0.0000000575. The van der Waals surface area contributed by atoms with E-state index in [0.717, 1.165) is 11.9 Å². The number of aliphatic hydroxyl groups excluding tert-OH is 1. The highest BCUT2D eigenvalue weighted by molar-refractivity contribution is 9.09. The van der Waals surface area contributed by atoms with Crippen LogP contribution in [0.15, 0.2) is 0 Å². The molecule has 0 aliphatic carbocycles. The van der Waals surface area contributed by atoms with E-state index in [0.29, 0.717) is 0 Å². The molecule has 0 aromatic heterocycles. The molecule has 8 heavy (non-hydrogen) atoms. The summed E-state index contributed by atoms with van der Waals surface area (Å²) >= 11 is 3.12. The van der Waals surface area contributed by atoms with Crippen LogP contribution in [0, 0.1) is 0 Å². The predicted octanol–water partition coefficient (Wildman–Crippen LogP) is 0.917. The van der Waals surface area contributed by atoms with Crippen LogP contribution in [0.1, 0.15) is 6.92 Å². The van der Waals surface area contributed by atoms with Crippen LogP contribution < -0.4 is 5.73 Å². The van der Waals surface area contributed by atoms with Gasteiger partial charge in [-0.05, 0) is 6.92 Å². The molecule has 0 radical (unpaired) electrons. The van der Waals surface area contributed by atoms with Crippen molar-refractivity contribution in [2.24, 2.45) is 5.73 Å². The fourth-order valence-corrected chi connectivity index (χ4v) is 0. The molecule has 0 atom stereocenters. The lowest BCUT2D eigenvalue weighted by molar-refractivity contribution is 0.318. The molecule has 2 nitrogen and oxygen atoms in total. The summed E-state index contributed by atoms with van der Waals surface area (Å²) in [4.78, 5) is 0. The third kappa shape index (κ3) is 67.3. The molecule has 54 valence electrons. The van der Waals surface area contributed by atoms with Crippen LogP contribution in [-0.2, 0) is 0 Å². The van der Waals surface area contributed by atoms with Crippen molar-refractivity contribution in [3.8, 4) is 0 Å². The Morgan fingerprint density at radius 3 is 1.75 bits per heavy atom. The Morgan fingerprint density at radius 1 is 1.62 bits per heavy atom. The van der Waals surface area contributed by atoms with E-state index >= 15 is 0 Å². The second-order valence-corrected chi connectivity index (χ2v) is 1.59. The lowest BCUT2D eigenvalue weighted by atomic mass is 10.8. The molecule has 0 saturated heterocycles. The minimum atomic E-state index is 0. The molecule has 0 rings (SSSR count). The number of hydrogen-bond donors (Lipinski definition) is 2. The summed E-state index contributed by atoms with van der Waals surface area (Å²) in [5, 5.41) is 8.48. The third-order valence-electron chi connectivity index (χ3n) is 0.109. The maximum atomic E-state index is 7.57. The first-order valence-corrected chi connectivity index (χ1v) is 3.32. The maximum Gasteiger partial charge on any atom is 0.0402 e. The zero-order chi connectivity index (χ0) is 6.12. The highest BCUT2D eigenvalue weighted by Crippen LogP contribution is 1.67. The van der Waals surface area contributed by atoms with Gasteiger partial charge in [-0.3, -0.25) is 0 Å². The topological polar surface area (TPSA) is 46.2 Å². The van der Waals surface area contributed by atoms with Gasteiger partial charge in [0.2, 0.25) is 0 Å². The average Bonchev–Trinajstić information content (AvgIpc) is 1.69. The lowest BCUT2D eigenvalue weighted by Crippen LogP contribution is -1.97. The Hall–Kier alpha value is 0.880. The Bertz CT molecular complexity index is 21.5. The maximum absolute atomic E-state index is 7.57. The molecule has 0 heterocycles. The molecule has 4 heteroatoms. The van der Waals surface area contributed by atoms with E-state index in [-0.39, 0.29) is 23.6 Å². The van der Waals surface area contributed by atoms with Gasteiger partial charge in [0.25, 0.3) is 0 Å². The molecule has 0 aromatic carbocycles. The monoisotopic (exact) mass is 249 g/mol. The minimum absolute atomic E-state index is 0. The fourth-order valence-electron chi connectivity index (χ4n) is 0. The second-order valence-electron chi connectivity index (χ2n) is 0.794. The van der Waals surface area contributed by atoms with Gasteiger partial charge in [0, 0.05) is 18.5 Å². The molecule has 0 bridgehead atoms. The molecule has 0 spiro atoms. The second kappa shape index (κ2) is 24.8. The van der Waals surface area contributed by atoms with Crippen LogP contribution in [0.2, 0.25) is 0 Å². The molecule has 0 saturated carbocycles. The van der Waals surface area contributed by atoms with E-state index in [1.54, 1.807) is 6.92 Å². The Morgan fingerprint density at radius 2 is 1.75 bits per heavy atom. The van der Waals surface area contributed by atoms with E-state index in [4.69, 9.17) is 10.8 Å². The van der Waals surface area contributed by atoms with Crippen LogP contribution in [0.4, 0.5) is 0 Å². The van der Waals surface area contributed by atoms with Gasteiger partial charge in [-0.1, -0.05) is 15.9 Å². The number of hydrogen-bond acceptors (Lipinski definition) is 2. The van der Waals surface area contributed by atoms with Crippen molar-refractivity contribution in [2.45, 2.75) is 6.92 Å². The van der Waals surface area contributed by atoms with Crippen LogP contribution in [0.3, 0.4) is 0 Å². The van der Waals surface area contributed by atoms with Gasteiger partial charge in [-0.25, -0.2) is 0 Å². The van der Waals surface area contributed by atoms with Crippen LogP contribution in [0.25, 0.3) is 0 Å². The minimum Gasteiger partial charge on any atom is -0.397 e. The first-order valence-electron chi connectivity index (χ1n) is 2.20. The van der Waals surface area contributed by atoms with Gasteiger partial charge >= 0.3 is 0 Å². The van der Waals surface area contributed by atoms with E-state index in [1.165, 1.54) is 0 Å². The molecule has 3 N–H and O–H groups in total. The molecular formula is C4H13Br2NO. The summed E-state index contributed by atoms with van der Waals surface area (Å²) in [6, 6.07) is 0. The van der Waals surface area contributed by atoms with Crippen molar-refractivity contribution >= 4 is 32.9 Å². The number of rotatable bonds is 1. The lowest BCUT2D eigenvalue weighted by Gasteiger charge is -1.68. The zero-order valence-electron chi connectivity index (χ0n) is 4.93. The molecule has 0 fully saturated rings. The molecule has 0 aromatic rings. The van der Waals surface area contributed by atoms with Gasteiger partial charge < -0.3 is 10.8 Å². The van der Waals surface area contributed by atoms with Gasteiger partial charge in [0.05, 0.1) is 0 Å². The zero-order valence-corrected chi connectivity index (χ0v) is 8.23. The van der Waals surface area contributed by atoms with Crippen LogP contribution in [0.5, 0.6) is 0 Å². The number of nitrogens with two attached hydrogens (primary N) is 1. The summed E-state index contributed by atoms with van der Waals surface area (Å²) in [5.41, 5.74) is 4.98. The number of alkyl halides is 1. The summed E-state index contributed by atoms with van der Waals surface area (Å²) in [7, 11) is 0. The molecular weight excluding hydrogens is 238 g/mol. The molecule has 0 unspecified atom stereocenters. The first-order chi connectivity index (χ1) is 3.33. The van der Waals surface area contributed by atoms with Crippen molar-refractivity contribution in [2.75, 3.05) is 18.5 Å². The van der Waals surface area contributed by atoms with E-state index in [1.807, 2.05) is 0 Å². The van der Waals surface area contributed by atoms with Gasteiger partial charge in [0.15, 0.2) is 0 Å². The standard InChI is InChI=1S/C2H6BrN.C2H6O.BrH/c3-1-2-4;1-2-3;/h1-2,4H2;3H,2H2,1H3;1H. The van der Waals surface area contributed by atoms with Crippen LogP contribution in [-0.4, -0.2) is 23.6 Å². The van der Waals surface area contributed by atoms with Crippen LogP contribution >= 0.6 is 32.9 Å². The average molecular weight is 251 g/mol. The SMILES string of the molecule is Br.CCO.NCCBr. The van der Waals surface area contributed by atoms with Crippen molar-refractivity contribution < 1.29 is 5.11 Å². The van der Waals surface area contributed by atoms with Gasteiger partial charge in [0.1, 0.15) is 0 Å². The van der Waals surface area contributed by atoms with Gasteiger partial charge in [-0.15, -0.1) is 17.0 Å². The molecule has 0 aliphatic heterocycles. The highest BCUT2D eigenvalue weighted by Gasteiger charge is 1.57. The highest BCUT2D eigenvalue weighted by atomic mass is 79.9. The predicted molar refractivity (Wildman–Crippen MR) is 45.9 cm³/mol. The normalized spacial score (nSPS) is 6.00. The summed E-state index contributed by atoms with van der Waals surface area (Å²) < 4.78 is 0. The number of halogens is 2. The van der Waals surface area contributed by atoms with Crippen molar-refractivity contribution in [3.05, 3.63) is 0 Å². The Labute approximate surface area is 69.4 Å². The van der Waals surface area contributed by atoms with E-state index in [2.05, 4.69) is 15.9 Å². The van der Waals surface area contributed by atoms with Crippen molar-refractivity contribution in [1.29, 1.82) is 0 Å². The molecule has 0 aliphatic rings. The third-order valence-corrected chi connectivity index (χ3v) is 0.567. The van der Waals surface area contributed by atoms with Crippen molar-refractivity contribution in [1.82, 2.24) is 0 Å². The van der Waals surface area contributed by atoms with E-state index < -0.39 is 0 Å². The summed E-state index contributed by atoms with van der Waals surface area (Å²) in [6.07, 6.45) is 0. The summed E-state index contributed by atoms with van der Waals surface area (Å²) in [5.74, 6) is 0. The van der Waals surface area contributed by atoms with Gasteiger partial charge in [-0.2, -0.15) is 0 Å². The fraction of sp³-hybridized carbons (Fsp3) is 1.00. The Kier molecular flexibility index (Phi) is 49.4. The van der Waals surface area contributed by atoms with Crippen molar-refractivity contribution in [3.63, 3.8) is 0 Å². The summed E-state index contributed by atoms with van der Waals surface area (Å²) in [6.45, 7) is 2.67. The number of aliphatic hydroxyl groups is 1. The molecule has 0 amide bonds. The first kappa shape index (κ1) is 15.9.